The van der Waals surface area contributed by atoms with Gasteiger partial charge in [0.2, 0.25) is 11.8 Å². The Morgan fingerprint density at radius 2 is 1.85 bits per heavy atom. The molecule has 6 nitrogen and oxygen atoms in total. The molecule has 1 aromatic carbocycles. The van der Waals surface area contributed by atoms with Crippen LogP contribution in [-0.4, -0.2) is 52.8 Å². The highest BCUT2D eigenvalue weighted by Crippen LogP contribution is 2.32. The van der Waals surface area contributed by atoms with Crippen molar-refractivity contribution >= 4 is 34.0 Å². The van der Waals surface area contributed by atoms with Crippen LogP contribution in [0.5, 0.6) is 0 Å². The minimum absolute atomic E-state index is 0.0420. The molecule has 0 atom stereocenters. The van der Waals surface area contributed by atoms with Crippen LogP contribution in [0, 0.1) is 13.8 Å². The summed E-state index contributed by atoms with van der Waals surface area (Å²) in [7, 11) is 0. The van der Waals surface area contributed by atoms with Crippen LogP contribution in [0.4, 0.5) is 10.8 Å². The number of piperazine rings is 1. The topological polar surface area (TPSA) is 56.8 Å². The Hall–Kier alpha value is -2.25. The smallest absolute Gasteiger partial charge is 0.230 e. The Balaban J connectivity index is 1.74. The highest BCUT2D eigenvalue weighted by Gasteiger charge is 2.22. The van der Waals surface area contributed by atoms with Gasteiger partial charge in [0.25, 0.3) is 0 Å². The predicted molar refractivity (Wildman–Crippen MR) is 108 cm³/mol. The van der Waals surface area contributed by atoms with E-state index >= 15 is 0 Å². The average molecular weight is 387 g/mol. The lowest BCUT2D eigenvalue weighted by Gasteiger charge is -2.33. The van der Waals surface area contributed by atoms with Crippen LogP contribution < -0.4 is 4.90 Å². The molecule has 2 heterocycles. The van der Waals surface area contributed by atoms with Crippen LogP contribution in [0.15, 0.2) is 23.6 Å². The quantitative estimate of drug-likeness (QED) is 0.810. The van der Waals surface area contributed by atoms with E-state index in [-0.39, 0.29) is 11.8 Å². The van der Waals surface area contributed by atoms with Crippen LogP contribution in [0.1, 0.15) is 30.7 Å². The van der Waals surface area contributed by atoms with Crippen LogP contribution in [0.2, 0.25) is 0 Å². The van der Waals surface area contributed by atoms with Crippen molar-refractivity contribution in [3.05, 3.63) is 40.4 Å². The zero-order valence-corrected chi connectivity index (χ0v) is 17.2. The van der Waals surface area contributed by atoms with E-state index in [0.717, 1.165) is 55.2 Å². The standard InChI is InChI=1S/C20H26N4O2S/c1-14-6-5-7-19(15(14)2)24(17(4)26)20-21-18(13-27-20)12-22-8-10-23(11-9-22)16(3)25/h5-7,13H,8-12H2,1-4H3. The first-order valence-corrected chi connectivity index (χ1v) is 10.0. The highest BCUT2D eigenvalue weighted by atomic mass is 32.1. The molecular formula is C20H26N4O2S. The summed E-state index contributed by atoms with van der Waals surface area (Å²) in [6.45, 7) is 11.2. The van der Waals surface area contributed by atoms with E-state index in [0.29, 0.717) is 5.13 Å². The molecule has 27 heavy (non-hydrogen) atoms. The molecule has 0 bridgehead atoms. The SMILES string of the molecule is CC(=O)N1CCN(Cc2csc(N(C(C)=O)c3cccc(C)c3C)n2)CC1. The second-order valence-corrected chi connectivity index (χ2v) is 7.81. The molecule has 0 spiro atoms. The molecule has 0 saturated carbocycles. The Morgan fingerprint density at radius 1 is 1.15 bits per heavy atom. The summed E-state index contributed by atoms with van der Waals surface area (Å²) in [5, 5.41) is 2.72. The summed E-state index contributed by atoms with van der Waals surface area (Å²) in [4.78, 5) is 34.4. The molecule has 1 aromatic heterocycles. The summed E-state index contributed by atoms with van der Waals surface area (Å²) >= 11 is 1.49. The Labute approximate surface area is 164 Å². The lowest BCUT2D eigenvalue weighted by Crippen LogP contribution is -2.47. The fourth-order valence-electron chi connectivity index (χ4n) is 3.31. The number of aryl methyl sites for hydroxylation is 1. The van der Waals surface area contributed by atoms with E-state index in [2.05, 4.69) is 4.90 Å². The number of hydrogen-bond donors (Lipinski definition) is 0. The number of carbonyl (C=O) groups excluding carboxylic acids is 2. The number of amides is 2. The molecule has 0 unspecified atom stereocenters. The summed E-state index contributed by atoms with van der Waals surface area (Å²) < 4.78 is 0. The van der Waals surface area contributed by atoms with Gasteiger partial charge in [0, 0.05) is 52.0 Å². The Kier molecular flexibility index (Phi) is 5.92. The van der Waals surface area contributed by atoms with Crippen molar-refractivity contribution in [3.63, 3.8) is 0 Å². The molecule has 0 radical (unpaired) electrons. The van der Waals surface area contributed by atoms with Crippen molar-refractivity contribution in [1.82, 2.24) is 14.8 Å². The molecule has 3 rings (SSSR count). The van der Waals surface area contributed by atoms with Crippen LogP contribution in [-0.2, 0) is 16.1 Å². The zero-order valence-electron chi connectivity index (χ0n) is 16.4. The van der Waals surface area contributed by atoms with Crippen molar-refractivity contribution < 1.29 is 9.59 Å². The number of rotatable bonds is 4. The first-order valence-electron chi connectivity index (χ1n) is 9.16. The summed E-state index contributed by atoms with van der Waals surface area (Å²) in [5.74, 6) is 0.0934. The van der Waals surface area contributed by atoms with Gasteiger partial charge in [-0.05, 0) is 31.0 Å². The second-order valence-electron chi connectivity index (χ2n) is 6.98. The lowest BCUT2D eigenvalue weighted by atomic mass is 10.1. The lowest BCUT2D eigenvalue weighted by molar-refractivity contribution is -0.130. The fourth-order valence-corrected chi connectivity index (χ4v) is 4.18. The number of aromatic nitrogens is 1. The van der Waals surface area contributed by atoms with Gasteiger partial charge < -0.3 is 4.90 Å². The first kappa shape index (κ1) is 19.5. The molecule has 1 aliphatic rings. The van der Waals surface area contributed by atoms with Gasteiger partial charge in [0.15, 0.2) is 5.13 Å². The molecular weight excluding hydrogens is 360 g/mol. The summed E-state index contributed by atoms with van der Waals surface area (Å²) in [5.41, 5.74) is 4.09. The van der Waals surface area contributed by atoms with E-state index in [1.165, 1.54) is 11.3 Å². The van der Waals surface area contributed by atoms with Crippen molar-refractivity contribution in [2.45, 2.75) is 34.2 Å². The van der Waals surface area contributed by atoms with Gasteiger partial charge in [-0.1, -0.05) is 12.1 Å². The van der Waals surface area contributed by atoms with E-state index in [1.54, 1.807) is 18.7 Å². The third kappa shape index (κ3) is 4.36. The minimum Gasteiger partial charge on any atom is -0.340 e. The first-order chi connectivity index (χ1) is 12.9. The van der Waals surface area contributed by atoms with Crippen molar-refractivity contribution in [1.29, 1.82) is 0 Å². The molecule has 2 amide bonds. The van der Waals surface area contributed by atoms with Gasteiger partial charge in [-0.3, -0.25) is 19.4 Å². The highest BCUT2D eigenvalue weighted by molar-refractivity contribution is 7.14. The molecule has 1 aliphatic heterocycles. The molecule has 1 fully saturated rings. The largest absolute Gasteiger partial charge is 0.340 e. The molecule has 144 valence electrons. The fraction of sp³-hybridized carbons (Fsp3) is 0.450. The number of carbonyl (C=O) groups is 2. The normalized spacial score (nSPS) is 15.0. The maximum atomic E-state index is 12.4. The maximum Gasteiger partial charge on any atom is 0.230 e. The number of hydrogen-bond acceptors (Lipinski definition) is 5. The third-order valence-electron chi connectivity index (χ3n) is 5.07. The number of anilines is 2. The Morgan fingerprint density at radius 3 is 2.48 bits per heavy atom. The van der Waals surface area contributed by atoms with Crippen LogP contribution in [0.3, 0.4) is 0 Å². The Bertz CT molecular complexity index is 840. The van der Waals surface area contributed by atoms with Crippen LogP contribution in [0.25, 0.3) is 0 Å². The summed E-state index contributed by atoms with van der Waals surface area (Å²) in [6, 6.07) is 5.98. The van der Waals surface area contributed by atoms with Gasteiger partial charge >= 0.3 is 0 Å². The predicted octanol–water partition coefficient (Wildman–Crippen LogP) is 3.11. The molecule has 7 heteroatoms. The van der Waals surface area contributed by atoms with E-state index in [4.69, 9.17) is 4.98 Å². The second kappa shape index (κ2) is 8.19. The number of benzene rings is 1. The van der Waals surface area contributed by atoms with E-state index < -0.39 is 0 Å². The van der Waals surface area contributed by atoms with Crippen molar-refractivity contribution in [2.24, 2.45) is 0 Å². The molecule has 2 aromatic rings. The third-order valence-corrected chi connectivity index (χ3v) is 5.94. The number of nitrogens with zero attached hydrogens (tertiary/aromatic N) is 4. The van der Waals surface area contributed by atoms with Gasteiger partial charge in [-0.25, -0.2) is 4.98 Å². The zero-order chi connectivity index (χ0) is 19.6. The van der Waals surface area contributed by atoms with Gasteiger partial charge in [0.05, 0.1) is 11.4 Å². The van der Waals surface area contributed by atoms with Gasteiger partial charge in [-0.15, -0.1) is 11.3 Å². The summed E-state index contributed by atoms with van der Waals surface area (Å²) in [6.07, 6.45) is 0. The average Bonchev–Trinajstić information content (AvgIpc) is 3.07. The maximum absolute atomic E-state index is 12.4. The number of thiazole rings is 1. The van der Waals surface area contributed by atoms with Crippen molar-refractivity contribution in [2.75, 3.05) is 31.1 Å². The van der Waals surface area contributed by atoms with Gasteiger partial charge in [0.1, 0.15) is 0 Å². The molecule has 0 aliphatic carbocycles. The van der Waals surface area contributed by atoms with Crippen LogP contribution >= 0.6 is 11.3 Å². The minimum atomic E-state index is -0.0420. The molecule has 0 N–H and O–H groups in total. The van der Waals surface area contributed by atoms with E-state index in [1.807, 2.05) is 42.3 Å². The molecule has 1 saturated heterocycles. The van der Waals surface area contributed by atoms with Gasteiger partial charge in [-0.2, -0.15) is 0 Å². The monoisotopic (exact) mass is 386 g/mol. The van der Waals surface area contributed by atoms with E-state index in [9.17, 15) is 9.59 Å². The van der Waals surface area contributed by atoms with Crippen molar-refractivity contribution in [3.8, 4) is 0 Å².